The molecule has 0 radical (unpaired) electrons. The molecule has 5 aromatic rings. The standard InChI is InChI=1S/C28H25FN4O2/c1-17-7-12-24(18(2)14-17)33-19(3)15-23(31-33)26-20(4)30-27-25(6-5-13-32(27)28(26)34)35-16-21-8-10-22(29)11-9-21/h5-15H,16H2,1-4H3. The minimum atomic E-state index is -0.300. The molecule has 0 N–H and O–H groups in total. The Hall–Kier alpha value is -4.26. The van der Waals surface area contributed by atoms with Crippen molar-refractivity contribution in [3.05, 3.63) is 111 Å². The summed E-state index contributed by atoms with van der Waals surface area (Å²) in [4.78, 5) is 18.3. The number of benzene rings is 2. The van der Waals surface area contributed by atoms with E-state index in [1.165, 1.54) is 22.1 Å². The van der Waals surface area contributed by atoms with Gasteiger partial charge in [-0.25, -0.2) is 14.1 Å². The molecule has 35 heavy (non-hydrogen) atoms. The van der Waals surface area contributed by atoms with Gasteiger partial charge in [0.05, 0.1) is 16.9 Å². The Kier molecular flexibility index (Phi) is 5.68. The number of fused-ring (bicyclic) bond motifs is 1. The van der Waals surface area contributed by atoms with Crippen molar-refractivity contribution in [3.8, 4) is 22.7 Å². The molecule has 0 unspecified atom stereocenters. The first-order valence-corrected chi connectivity index (χ1v) is 11.4. The zero-order chi connectivity index (χ0) is 24.7. The Bertz CT molecular complexity index is 1620. The number of aryl methyl sites for hydroxylation is 4. The van der Waals surface area contributed by atoms with Gasteiger partial charge < -0.3 is 4.74 Å². The molecule has 176 valence electrons. The van der Waals surface area contributed by atoms with Crippen molar-refractivity contribution in [1.29, 1.82) is 0 Å². The van der Waals surface area contributed by atoms with Crippen LogP contribution < -0.4 is 10.3 Å². The zero-order valence-corrected chi connectivity index (χ0v) is 20.0. The van der Waals surface area contributed by atoms with Gasteiger partial charge in [-0.1, -0.05) is 29.8 Å². The molecule has 0 aliphatic heterocycles. The molecule has 0 aliphatic carbocycles. The third kappa shape index (κ3) is 4.21. The lowest BCUT2D eigenvalue weighted by molar-refractivity contribution is 0.307. The highest BCUT2D eigenvalue weighted by molar-refractivity contribution is 5.66. The first-order chi connectivity index (χ1) is 16.8. The van der Waals surface area contributed by atoms with Gasteiger partial charge in [0.2, 0.25) is 0 Å². The Balaban J connectivity index is 1.55. The number of aromatic nitrogens is 4. The summed E-state index contributed by atoms with van der Waals surface area (Å²) in [6.07, 6.45) is 1.67. The summed E-state index contributed by atoms with van der Waals surface area (Å²) in [5.74, 6) is 0.172. The fraction of sp³-hybridized carbons (Fsp3) is 0.179. The van der Waals surface area contributed by atoms with Crippen LogP contribution in [0, 0.1) is 33.5 Å². The van der Waals surface area contributed by atoms with Crippen LogP contribution in [0.15, 0.2) is 71.7 Å². The molecule has 6 nitrogen and oxygen atoms in total. The molecule has 7 heteroatoms. The zero-order valence-electron chi connectivity index (χ0n) is 20.0. The van der Waals surface area contributed by atoms with Crippen molar-refractivity contribution in [1.82, 2.24) is 19.2 Å². The summed E-state index contributed by atoms with van der Waals surface area (Å²) < 4.78 is 22.5. The van der Waals surface area contributed by atoms with Gasteiger partial charge in [0, 0.05) is 11.9 Å². The van der Waals surface area contributed by atoms with Crippen LogP contribution >= 0.6 is 0 Å². The summed E-state index contributed by atoms with van der Waals surface area (Å²) in [6.45, 7) is 8.11. The van der Waals surface area contributed by atoms with Crippen molar-refractivity contribution >= 4 is 5.65 Å². The van der Waals surface area contributed by atoms with Crippen LogP contribution in [0.3, 0.4) is 0 Å². The van der Waals surface area contributed by atoms with E-state index in [1.807, 2.05) is 36.7 Å². The SMILES string of the molecule is Cc1ccc(-n2nc(-c3c(C)nc4c(OCc5ccc(F)cc5)cccn4c3=O)cc2C)c(C)c1. The largest absolute Gasteiger partial charge is 0.485 e. The fourth-order valence-electron chi connectivity index (χ4n) is 4.28. The molecule has 0 aliphatic rings. The third-order valence-electron chi connectivity index (χ3n) is 6.03. The van der Waals surface area contributed by atoms with Crippen LogP contribution in [0.2, 0.25) is 0 Å². The first kappa shape index (κ1) is 22.5. The van der Waals surface area contributed by atoms with E-state index in [2.05, 4.69) is 13.0 Å². The number of hydrogen-bond donors (Lipinski definition) is 0. The minimum Gasteiger partial charge on any atom is -0.485 e. The van der Waals surface area contributed by atoms with Gasteiger partial charge in [0.1, 0.15) is 18.1 Å². The highest BCUT2D eigenvalue weighted by Gasteiger charge is 2.19. The fourth-order valence-corrected chi connectivity index (χ4v) is 4.28. The topological polar surface area (TPSA) is 61.4 Å². The number of rotatable bonds is 5. The second-order valence-electron chi connectivity index (χ2n) is 8.73. The third-order valence-corrected chi connectivity index (χ3v) is 6.03. The van der Waals surface area contributed by atoms with E-state index >= 15 is 0 Å². The van der Waals surface area contributed by atoms with Gasteiger partial charge in [0.15, 0.2) is 11.4 Å². The number of pyridine rings is 1. The van der Waals surface area contributed by atoms with Gasteiger partial charge in [-0.05, 0) is 75.2 Å². The molecular weight excluding hydrogens is 443 g/mol. The van der Waals surface area contributed by atoms with Crippen molar-refractivity contribution in [2.24, 2.45) is 0 Å². The monoisotopic (exact) mass is 468 g/mol. The summed E-state index contributed by atoms with van der Waals surface area (Å²) in [6, 6.07) is 17.7. The Morgan fingerprint density at radius 2 is 1.74 bits per heavy atom. The van der Waals surface area contributed by atoms with E-state index in [-0.39, 0.29) is 18.0 Å². The van der Waals surface area contributed by atoms with E-state index in [1.54, 1.807) is 37.4 Å². The average Bonchev–Trinajstić information content (AvgIpc) is 3.19. The van der Waals surface area contributed by atoms with Crippen molar-refractivity contribution in [3.63, 3.8) is 0 Å². The van der Waals surface area contributed by atoms with Crippen molar-refractivity contribution < 1.29 is 9.13 Å². The number of nitrogens with zero attached hydrogens (tertiary/aromatic N) is 4. The van der Waals surface area contributed by atoms with Crippen LogP contribution in [0.4, 0.5) is 4.39 Å². The molecule has 5 rings (SSSR count). The van der Waals surface area contributed by atoms with Crippen LogP contribution in [-0.2, 0) is 6.61 Å². The molecule has 0 amide bonds. The predicted molar refractivity (Wildman–Crippen MR) is 134 cm³/mol. The second kappa shape index (κ2) is 8.83. The lowest BCUT2D eigenvalue weighted by Crippen LogP contribution is -2.19. The molecular formula is C28H25FN4O2. The lowest BCUT2D eigenvalue weighted by Gasteiger charge is -2.12. The van der Waals surface area contributed by atoms with Gasteiger partial charge >= 0.3 is 0 Å². The summed E-state index contributed by atoms with van der Waals surface area (Å²) >= 11 is 0. The summed E-state index contributed by atoms with van der Waals surface area (Å²) in [5, 5.41) is 4.78. The lowest BCUT2D eigenvalue weighted by atomic mass is 10.1. The maximum atomic E-state index is 13.6. The molecule has 0 atom stereocenters. The van der Waals surface area contributed by atoms with Crippen LogP contribution in [0.25, 0.3) is 22.6 Å². The smallest absolute Gasteiger partial charge is 0.267 e. The van der Waals surface area contributed by atoms with Gasteiger partial charge in [0.25, 0.3) is 5.56 Å². The minimum absolute atomic E-state index is 0.218. The highest BCUT2D eigenvalue weighted by atomic mass is 19.1. The van der Waals surface area contributed by atoms with E-state index < -0.39 is 0 Å². The normalized spacial score (nSPS) is 11.2. The molecule has 0 bridgehead atoms. The van der Waals surface area contributed by atoms with Crippen molar-refractivity contribution in [2.75, 3.05) is 0 Å². The Morgan fingerprint density at radius 1 is 0.971 bits per heavy atom. The van der Waals surface area contributed by atoms with Gasteiger partial charge in [-0.3, -0.25) is 9.20 Å². The molecule has 0 spiro atoms. The molecule has 3 heterocycles. The molecule has 0 fully saturated rings. The van der Waals surface area contributed by atoms with Gasteiger partial charge in [-0.15, -0.1) is 0 Å². The Labute approximate surface area is 202 Å². The first-order valence-electron chi connectivity index (χ1n) is 11.4. The summed E-state index contributed by atoms with van der Waals surface area (Å²) in [7, 11) is 0. The van der Waals surface area contributed by atoms with E-state index in [0.717, 1.165) is 22.5 Å². The van der Waals surface area contributed by atoms with E-state index in [9.17, 15) is 9.18 Å². The van der Waals surface area contributed by atoms with Crippen LogP contribution in [-0.4, -0.2) is 19.2 Å². The maximum absolute atomic E-state index is 13.6. The number of hydrogen-bond acceptors (Lipinski definition) is 4. The van der Waals surface area contributed by atoms with Crippen LogP contribution in [0.1, 0.15) is 28.1 Å². The summed E-state index contributed by atoms with van der Waals surface area (Å²) in [5.41, 5.74) is 6.80. The van der Waals surface area contributed by atoms with Crippen molar-refractivity contribution in [2.45, 2.75) is 34.3 Å². The molecule has 3 aromatic heterocycles. The second-order valence-corrected chi connectivity index (χ2v) is 8.73. The molecule has 2 aromatic carbocycles. The average molecular weight is 469 g/mol. The van der Waals surface area contributed by atoms with E-state index in [0.29, 0.717) is 28.3 Å². The van der Waals surface area contributed by atoms with E-state index in [4.69, 9.17) is 14.8 Å². The highest BCUT2D eigenvalue weighted by Crippen LogP contribution is 2.25. The predicted octanol–water partition coefficient (Wildman–Crippen LogP) is 5.50. The quantitative estimate of drug-likeness (QED) is 0.342. The van der Waals surface area contributed by atoms with Crippen LogP contribution in [0.5, 0.6) is 5.75 Å². The molecule has 0 saturated heterocycles. The number of halogens is 1. The van der Waals surface area contributed by atoms with Gasteiger partial charge in [-0.2, -0.15) is 5.10 Å². The molecule has 0 saturated carbocycles. The maximum Gasteiger partial charge on any atom is 0.267 e. The number of ether oxygens (including phenoxy) is 1. The Morgan fingerprint density at radius 3 is 2.49 bits per heavy atom.